The van der Waals surface area contributed by atoms with Crippen LogP contribution in [0.25, 0.3) is 0 Å². The lowest BCUT2D eigenvalue weighted by molar-refractivity contribution is 0.0782. The zero-order valence-electron chi connectivity index (χ0n) is 11.4. The van der Waals surface area contributed by atoms with Crippen LogP contribution in [0.1, 0.15) is 21.7 Å². The standard InChI is InChI=1S/C15H16BrN3O/c1-10-5-3-6-11(18-10)9-19(2)15(20)12-7-4-8-13(17)14(12)16/h3-8H,9,17H2,1-2H3. The molecule has 0 fully saturated rings. The van der Waals surface area contributed by atoms with E-state index in [-0.39, 0.29) is 5.91 Å². The van der Waals surface area contributed by atoms with E-state index in [1.165, 1.54) is 0 Å². The second kappa shape index (κ2) is 6.05. The van der Waals surface area contributed by atoms with Crippen molar-refractivity contribution in [2.45, 2.75) is 13.5 Å². The van der Waals surface area contributed by atoms with E-state index in [2.05, 4.69) is 20.9 Å². The van der Waals surface area contributed by atoms with E-state index in [0.717, 1.165) is 11.4 Å². The molecule has 104 valence electrons. The Balaban J connectivity index is 2.19. The molecule has 1 heterocycles. The molecule has 0 aliphatic rings. The van der Waals surface area contributed by atoms with Crippen LogP contribution in [0.2, 0.25) is 0 Å². The Morgan fingerprint density at radius 3 is 2.70 bits per heavy atom. The number of carbonyl (C=O) groups excluding carboxylic acids is 1. The largest absolute Gasteiger partial charge is 0.398 e. The molecule has 5 heteroatoms. The number of nitrogens with two attached hydrogens (primary N) is 1. The number of rotatable bonds is 3. The zero-order chi connectivity index (χ0) is 14.7. The van der Waals surface area contributed by atoms with Crippen LogP contribution in [-0.4, -0.2) is 22.8 Å². The molecule has 4 nitrogen and oxygen atoms in total. The zero-order valence-corrected chi connectivity index (χ0v) is 13.0. The summed E-state index contributed by atoms with van der Waals surface area (Å²) in [4.78, 5) is 18.4. The Morgan fingerprint density at radius 2 is 2.00 bits per heavy atom. The topological polar surface area (TPSA) is 59.2 Å². The molecule has 0 aliphatic carbocycles. The SMILES string of the molecule is Cc1cccc(CN(C)C(=O)c2cccc(N)c2Br)n1. The van der Waals surface area contributed by atoms with Crippen LogP contribution in [0.15, 0.2) is 40.9 Å². The number of halogens is 1. The molecular weight excluding hydrogens is 318 g/mol. The molecule has 1 amide bonds. The van der Waals surface area contributed by atoms with E-state index in [1.807, 2.05) is 25.1 Å². The number of benzene rings is 1. The van der Waals surface area contributed by atoms with Gasteiger partial charge in [0.2, 0.25) is 0 Å². The highest BCUT2D eigenvalue weighted by Gasteiger charge is 2.16. The van der Waals surface area contributed by atoms with Gasteiger partial charge in [-0.25, -0.2) is 0 Å². The minimum absolute atomic E-state index is 0.0903. The number of amides is 1. The van der Waals surface area contributed by atoms with Crippen LogP contribution in [0, 0.1) is 6.92 Å². The van der Waals surface area contributed by atoms with Gasteiger partial charge >= 0.3 is 0 Å². The maximum atomic E-state index is 12.4. The predicted molar refractivity (Wildman–Crippen MR) is 83.3 cm³/mol. The van der Waals surface area contributed by atoms with E-state index in [0.29, 0.717) is 22.3 Å². The fourth-order valence-electron chi connectivity index (χ4n) is 1.92. The van der Waals surface area contributed by atoms with Gasteiger partial charge in [-0.3, -0.25) is 9.78 Å². The molecule has 20 heavy (non-hydrogen) atoms. The number of pyridine rings is 1. The van der Waals surface area contributed by atoms with Crippen molar-refractivity contribution in [3.63, 3.8) is 0 Å². The van der Waals surface area contributed by atoms with Gasteiger partial charge in [-0.2, -0.15) is 0 Å². The summed E-state index contributed by atoms with van der Waals surface area (Å²) in [6.07, 6.45) is 0. The first-order valence-electron chi connectivity index (χ1n) is 6.21. The Kier molecular flexibility index (Phi) is 4.39. The van der Waals surface area contributed by atoms with Crippen LogP contribution in [-0.2, 0) is 6.54 Å². The van der Waals surface area contributed by atoms with Crippen molar-refractivity contribution in [2.24, 2.45) is 0 Å². The number of hydrogen-bond donors (Lipinski definition) is 1. The van der Waals surface area contributed by atoms with Crippen molar-refractivity contribution >= 4 is 27.5 Å². The van der Waals surface area contributed by atoms with Crippen LogP contribution >= 0.6 is 15.9 Å². The third-order valence-electron chi connectivity index (χ3n) is 2.95. The molecular formula is C15H16BrN3O. The summed E-state index contributed by atoms with van der Waals surface area (Å²) in [5, 5.41) is 0. The molecule has 0 aliphatic heterocycles. The molecule has 0 radical (unpaired) electrons. The number of aromatic nitrogens is 1. The quantitative estimate of drug-likeness (QED) is 0.878. The third-order valence-corrected chi connectivity index (χ3v) is 3.84. The van der Waals surface area contributed by atoms with Gasteiger partial charge in [-0.15, -0.1) is 0 Å². The lowest BCUT2D eigenvalue weighted by atomic mass is 10.1. The molecule has 1 aromatic carbocycles. The number of hydrogen-bond acceptors (Lipinski definition) is 3. The maximum absolute atomic E-state index is 12.4. The number of anilines is 1. The summed E-state index contributed by atoms with van der Waals surface area (Å²) in [6.45, 7) is 2.39. The van der Waals surface area contributed by atoms with Crippen molar-refractivity contribution < 1.29 is 4.79 Å². The average Bonchev–Trinajstić information content (AvgIpc) is 2.41. The molecule has 1 aromatic heterocycles. The monoisotopic (exact) mass is 333 g/mol. The van der Waals surface area contributed by atoms with Gasteiger partial charge in [-0.1, -0.05) is 12.1 Å². The summed E-state index contributed by atoms with van der Waals surface area (Å²) in [5.74, 6) is -0.0903. The number of nitrogens with zero attached hydrogens (tertiary/aromatic N) is 2. The second-order valence-corrected chi connectivity index (χ2v) is 5.43. The molecule has 2 N–H and O–H groups in total. The lowest BCUT2D eigenvalue weighted by Gasteiger charge is -2.18. The summed E-state index contributed by atoms with van der Waals surface area (Å²) in [7, 11) is 1.75. The number of carbonyl (C=O) groups is 1. The minimum atomic E-state index is -0.0903. The Hall–Kier alpha value is -1.88. The first kappa shape index (κ1) is 14.5. The molecule has 0 saturated carbocycles. The maximum Gasteiger partial charge on any atom is 0.255 e. The van der Waals surface area contributed by atoms with Gasteiger partial charge in [0.1, 0.15) is 0 Å². The smallest absolute Gasteiger partial charge is 0.255 e. The first-order chi connectivity index (χ1) is 9.49. The summed E-state index contributed by atoms with van der Waals surface area (Å²) >= 11 is 3.36. The van der Waals surface area contributed by atoms with Crippen LogP contribution in [0.5, 0.6) is 0 Å². The Labute approximate surface area is 126 Å². The minimum Gasteiger partial charge on any atom is -0.398 e. The van der Waals surface area contributed by atoms with E-state index < -0.39 is 0 Å². The first-order valence-corrected chi connectivity index (χ1v) is 7.00. The van der Waals surface area contributed by atoms with Gasteiger partial charge in [0, 0.05) is 18.4 Å². The third kappa shape index (κ3) is 3.17. The fourth-order valence-corrected chi connectivity index (χ4v) is 2.36. The van der Waals surface area contributed by atoms with E-state index in [9.17, 15) is 4.79 Å². The van der Waals surface area contributed by atoms with Gasteiger partial charge < -0.3 is 10.6 Å². The van der Waals surface area contributed by atoms with E-state index in [1.54, 1.807) is 30.1 Å². The van der Waals surface area contributed by atoms with Crippen molar-refractivity contribution in [2.75, 3.05) is 12.8 Å². The van der Waals surface area contributed by atoms with Crippen molar-refractivity contribution in [3.8, 4) is 0 Å². The average molecular weight is 334 g/mol. The molecule has 2 rings (SSSR count). The van der Waals surface area contributed by atoms with Crippen LogP contribution in [0.4, 0.5) is 5.69 Å². The normalized spacial score (nSPS) is 10.3. The molecule has 0 saturated heterocycles. The second-order valence-electron chi connectivity index (χ2n) is 4.64. The van der Waals surface area contributed by atoms with Crippen molar-refractivity contribution in [1.29, 1.82) is 0 Å². The van der Waals surface area contributed by atoms with Gasteiger partial charge in [0.05, 0.1) is 22.3 Å². The molecule has 2 aromatic rings. The molecule has 0 unspecified atom stereocenters. The highest BCUT2D eigenvalue weighted by molar-refractivity contribution is 9.10. The highest BCUT2D eigenvalue weighted by atomic mass is 79.9. The molecule has 0 atom stereocenters. The van der Waals surface area contributed by atoms with E-state index >= 15 is 0 Å². The summed E-state index contributed by atoms with van der Waals surface area (Å²) < 4.78 is 0.633. The highest BCUT2D eigenvalue weighted by Crippen LogP contribution is 2.25. The predicted octanol–water partition coefficient (Wildman–Crippen LogP) is 3.01. The van der Waals surface area contributed by atoms with Crippen LogP contribution < -0.4 is 5.73 Å². The van der Waals surface area contributed by atoms with Crippen LogP contribution in [0.3, 0.4) is 0 Å². The lowest BCUT2D eigenvalue weighted by Crippen LogP contribution is -2.27. The number of aryl methyl sites for hydroxylation is 1. The molecule has 0 bridgehead atoms. The van der Waals surface area contributed by atoms with Crippen molar-refractivity contribution in [1.82, 2.24) is 9.88 Å². The van der Waals surface area contributed by atoms with Gasteiger partial charge in [0.25, 0.3) is 5.91 Å². The van der Waals surface area contributed by atoms with Gasteiger partial charge in [0.15, 0.2) is 0 Å². The number of nitrogen functional groups attached to an aromatic ring is 1. The Morgan fingerprint density at radius 1 is 1.30 bits per heavy atom. The van der Waals surface area contributed by atoms with E-state index in [4.69, 9.17) is 5.73 Å². The van der Waals surface area contributed by atoms with Gasteiger partial charge in [-0.05, 0) is 47.1 Å². The Bertz CT molecular complexity index is 643. The van der Waals surface area contributed by atoms with Crippen molar-refractivity contribution in [3.05, 3.63) is 57.8 Å². The molecule has 0 spiro atoms. The fraction of sp³-hybridized carbons (Fsp3) is 0.200. The summed E-state index contributed by atoms with van der Waals surface area (Å²) in [5.41, 5.74) is 8.71. The summed E-state index contributed by atoms with van der Waals surface area (Å²) in [6, 6.07) is 11.1.